The molecular formula is C53H67F3N8O7. The average molecular weight is 985 g/mol. The molecule has 6 bridgehead atoms. The molecule has 2 aromatic carbocycles. The van der Waals surface area contributed by atoms with Crippen LogP contribution in [0.1, 0.15) is 84.2 Å². The molecule has 0 spiro atoms. The number of rotatable bonds is 11. The van der Waals surface area contributed by atoms with Crippen molar-refractivity contribution < 1.29 is 46.6 Å². The Morgan fingerprint density at radius 1 is 1.04 bits per heavy atom. The fraction of sp³-hybridized carbons (Fsp3) is 0.528. The van der Waals surface area contributed by atoms with Crippen molar-refractivity contribution in [2.24, 2.45) is 17.3 Å². The van der Waals surface area contributed by atoms with E-state index in [1.54, 1.807) is 42.3 Å². The summed E-state index contributed by atoms with van der Waals surface area (Å²) in [5.41, 5.74) is 9.05. The van der Waals surface area contributed by atoms with Crippen molar-refractivity contribution in [1.82, 2.24) is 40.2 Å². The minimum Gasteiger partial charge on any atom is -0.464 e. The predicted molar refractivity (Wildman–Crippen MR) is 263 cm³/mol. The summed E-state index contributed by atoms with van der Waals surface area (Å²) in [7, 11) is 5.31. The van der Waals surface area contributed by atoms with Gasteiger partial charge in [-0.15, -0.1) is 0 Å². The van der Waals surface area contributed by atoms with Crippen molar-refractivity contribution >= 4 is 34.7 Å². The molecule has 1 unspecified atom stereocenters. The number of nitrogens with one attached hydrogen (secondary N) is 2. The summed E-state index contributed by atoms with van der Waals surface area (Å²) in [4.78, 5) is 63.7. The van der Waals surface area contributed by atoms with E-state index in [-0.39, 0.29) is 50.7 Å². The number of pyridine rings is 1. The monoisotopic (exact) mass is 985 g/mol. The normalized spacial score (nSPS) is 18.9. The van der Waals surface area contributed by atoms with Crippen LogP contribution in [0, 0.1) is 29.1 Å². The first-order valence-corrected chi connectivity index (χ1v) is 24.2. The number of cyclic esters (lactones) is 1. The molecule has 2 saturated heterocycles. The zero-order valence-electron chi connectivity index (χ0n) is 42.4. The molecule has 15 nitrogen and oxygen atoms in total. The number of amides is 4. The van der Waals surface area contributed by atoms with Gasteiger partial charge in [-0.2, -0.15) is 13.2 Å². The number of benzene rings is 2. The first-order valence-electron chi connectivity index (χ1n) is 24.2. The van der Waals surface area contributed by atoms with Gasteiger partial charge < -0.3 is 23.7 Å². The third kappa shape index (κ3) is 12.4. The summed E-state index contributed by atoms with van der Waals surface area (Å²) in [5, 5.41) is 3.13. The predicted octanol–water partition coefficient (Wildman–Crippen LogP) is 7.53. The van der Waals surface area contributed by atoms with Gasteiger partial charge in [-0.05, 0) is 119 Å². The number of halogens is 3. The summed E-state index contributed by atoms with van der Waals surface area (Å²) >= 11 is 0. The molecule has 7 rings (SSSR count). The molecule has 2 fully saturated rings. The fourth-order valence-corrected chi connectivity index (χ4v) is 8.94. The van der Waals surface area contributed by atoms with Gasteiger partial charge in [-0.1, -0.05) is 57.9 Å². The second-order valence-corrected chi connectivity index (χ2v) is 20.8. The van der Waals surface area contributed by atoms with Crippen LogP contribution < -0.4 is 10.9 Å². The van der Waals surface area contributed by atoms with Crippen molar-refractivity contribution in [3.8, 4) is 34.2 Å². The smallest absolute Gasteiger partial charge is 0.406 e. The van der Waals surface area contributed by atoms with E-state index in [1.807, 2.05) is 90.9 Å². The zero-order chi connectivity index (χ0) is 51.6. The van der Waals surface area contributed by atoms with Crippen LogP contribution >= 0.6 is 0 Å². The second-order valence-electron chi connectivity index (χ2n) is 20.8. The summed E-state index contributed by atoms with van der Waals surface area (Å²) in [5.74, 6) is 3.51. The van der Waals surface area contributed by atoms with Crippen LogP contribution in [0.5, 0.6) is 0 Å². The number of carbonyl (C=O) groups is 4. The number of fused-ring (bicyclic) bond motifs is 6. The number of aromatic nitrogens is 2. The largest absolute Gasteiger partial charge is 0.464 e. The van der Waals surface area contributed by atoms with E-state index in [2.05, 4.69) is 27.7 Å². The van der Waals surface area contributed by atoms with Gasteiger partial charge in [-0.25, -0.2) is 15.2 Å². The Balaban J connectivity index is 1.23. The van der Waals surface area contributed by atoms with Crippen LogP contribution in [-0.4, -0.2) is 131 Å². The van der Waals surface area contributed by atoms with Gasteiger partial charge >= 0.3 is 18.2 Å². The number of hydrogen-bond donors (Lipinski definition) is 2. The van der Waals surface area contributed by atoms with E-state index in [1.165, 1.54) is 21.7 Å². The minimum atomic E-state index is -4.58. The number of ether oxygens (including phenoxy) is 3. The number of urea groups is 1. The lowest BCUT2D eigenvalue weighted by atomic mass is 9.84. The molecule has 0 saturated carbocycles. The molecule has 4 aromatic rings. The SMILES string of the molecule is CO[C@@H](C)c1ncccc1-c1c2c3cc(ccc3n1CC(F)(F)F)-c1cccc(c1)CN(NC(=O)C(COC1CN(C(=O)C#CC(C)(C)N(C)C)C1)C(C)C)C(=O)N1CCC[C@H](N1)C(=O)OCC(C)(C)C2. The summed E-state index contributed by atoms with van der Waals surface area (Å²) in [6.07, 6.45) is -2.79. The lowest BCUT2D eigenvalue weighted by Gasteiger charge is -2.39. The van der Waals surface area contributed by atoms with E-state index in [4.69, 9.17) is 14.2 Å². The number of likely N-dealkylation sites (tertiary alicyclic amines) is 1. The number of nitrogens with zero attached hydrogens (tertiary/aromatic N) is 6. The van der Waals surface area contributed by atoms with Crippen LogP contribution in [0.4, 0.5) is 18.0 Å². The second kappa shape index (κ2) is 21.4. The Bertz CT molecular complexity index is 2680. The molecule has 18 heteroatoms. The number of hydrazine groups is 2. The van der Waals surface area contributed by atoms with E-state index >= 15 is 0 Å². The molecule has 5 heterocycles. The Hall–Kier alpha value is -6.00. The van der Waals surface area contributed by atoms with Crippen molar-refractivity contribution in [3.63, 3.8) is 0 Å². The Morgan fingerprint density at radius 3 is 2.46 bits per heavy atom. The summed E-state index contributed by atoms with van der Waals surface area (Å²) in [6.45, 7) is 12.7. The summed E-state index contributed by atoms with van der Waals surface area (Å²) in [6, 6.07) is 14.7. The number of alkyl halides is 3. The molecule has 71 heavy (non-hydrogen) atoms. The third-order valence-electron chi connectivity index (χ3n) is 13.8. The first kappa shape index (κ1) is 52.8. The maximum Gasteiger partial charge on any atom is 0.406 e. The summed E-state index contributed by atoms with van der Waals surface area (Å²) < 4.78 is 63.2. The zero-order valence-corrected chi connectivity index (χ0v) is 42.4. The number of hydrogen-bond acceptors (Lipinski definition) is 10. The van der Waals surface area contributed by atoms with E-state index < -0.39 is 59.6 Å². The first-order chi connectivity index (χ1) is 33.4. The molecule has 3 atom stereocenters. The molecule has 2 N–H and O–H groups in total. The lowest BCUT2D eigenvalue weighted by Crippen LogP contribution is -2.62. The maximum absolute atomic E-state index is 14.7. The van der Waals surface area contributed by atoms with Crippen LogP contribution in [-0.2, 0) is 48.1 Å². The Labute approximate surface area is 414 Å². The van der Waals surface area contributed by atoms with E-state index in [0.29, 0.717) is 70.5 Å². The average Bonchev–Trinajstić information content (AvgIpc) is 3.58. The van der Waals surface area contributed by atoms with Gasteiger partial charge in [0, 0.05) is 54.8 Å². The molecule has 3 aliphatic rings. The van der Waals surface area contributed by atoms with Gasteiger partial charge in [0.25, 0.3) is 5.91 Å². The fourth-order valence-electron chi connectivity index (χ4n) is 8.94. The third-order valence-corrected chi connectivity index (χ3v) is 13.8. The molecule has 0 radical (unpaired) electrons. The Morgan fingerprint density at radius 2 is 1.77 bits per heavy atom. The van der Waals surface area contributed by atoms with E-state index in [0.717, 1.165) is 5.56 Å². The van der Waals surface area contributed by atoms with Gasteiger partial charge in [0.1, 0.15) is 12.6 Å². The number of carbonyl (C=O) groups excluding carboxylic acids is 4. The molecule has 3 aliphatic heterocycles. The van der Waals surface area contributed by atoms with E-state index in [9.17, 15) is 32.3 Å². The standard InChI is InChI=1S/C53H67F3N8O7/c1-33(2)42(30-70-38-28-61(29-38)45(65)20-21-52(6,7)60(8)9)48(66)59-64-27-35-14-11-15-36(24-35)37-18-19-44-40(25-37)41(26-51(4,5)32-71-49(67)43-17-13-23-63(58-43)50(64)68)47(62(44)31-53(54,55)56)39-16-12-22-57-46(39)34(3)69-10/h11-12,14-16,18-19,22,24-25,33-34,38,42-43,58H,13,17,23,26-32H2,1-10H3,(H,59,66)/t34-,42?,43-/m0/s1. The van der Waals surface area contributed by atoms with Crippen LogP contribution in [0.2, 0.25) is 0 Å². The highest BCUT2D eigenvalue weighted by Gasteiger charge is 2.38. The van der Waals surface area contributed by atoms with Gasteiger partial charge in [0.2, 0.25) is 5.91 Å². The topological polar surface area (TPSA) is 151 Å². The number of methoxy groups -OCH3 is 1. The molecular weight excluding hydrogens is 918 g/mol. The quantitative estimate of drug-likeness (QED) is 0.114. The van der Waals surface area contributed by atoms with Gasteiger partial charge in [0.15, 0.2) is 0 Å². The molecule has 0 aliphatic carbocycles. The van der Waals surface area contributed by atoms with Crippen LogP contribution in [0.3, 0.4) is 0 Å². The number of esters is 1. The highest BCUT2D eigenvalue weighted by atomic mass is 19.4. The minimum absolute atomic E-state index is 0.0314. The van der Waals surface area contributed by atoms with Crippen molar-refractivity contribution in [2.45, 2.75) is 111 Å². The van der Waals surface area contributed by atoms with Crippen molar-refractivity contribution in [1.29, 1.82) is 0 Å². The van der Waals surface area contributed by atoms with Crippen LogP contribution in [0.25, 0.3) is 33.3 Å². The molecule has 382 valence electrons. The molecule has 4 amide bonds. The highest BCUT2D eigenvalue weighted by molar-refractivity contribution is 5.96. The van der Waals surface area contributed by atoms with Gasteiger partial charge in [0.05, 0.1) is 54.8 Å². The van der Waals surface area contributed by atoms with Gasteiger partial charge in [-0.3, -0.25) is 34.7 Å². The highest BCUT2D eigenvalue weighted by Crippen LogP contribution is 2.43. The van der Waals surface area contributed by atoms with Crippen molar-refractivity contribution in [3.05, 3.63) is 77.6 Å². The Kier molecular flexibility index (Phi) is 15.9. The lowest BCUT2D eigenvalue weighted by molar-refractivity contribution is -0.152. The van der Waals surface area contributed by atoms with Crippen LogP contribution in [0.15, 0.2) is 60.8 Å². The molecule has 2 aromatic heterocycles. The maximum atomic E-state index is 14.7. The van der Waals surface area contributed by atoms with Crippen molar-refractivity contribution in [2.75, 3.05) is 54.1 Å².